The lowest BCUT2D eigenvalue weighted by Crippen LogP contribution is -2.28. The van der Waals surface area contributed by atoms with Gasteiger partial charge in [0.15, 0.2) is 0 Å². The van der Waals surface area contributed by atoms with E-state index in [9.17, 15) is 4.79 Å². The van der Waals surface area contributed by atoms with E-state index in [1.165, 1.54) is 5.56 Å². The Morgan fingerprint density at radius 1 is 1.40 bits per heavy atom. The third-order valence-corrected chi connectivity index (χ3v) is 2.01. The molecule has 0 aliphatic rings. The van der Waals surface area contributed by atoms with Crippen molar-refractivity contribution in [3.8, 4) is 12.3 Å². The van der Waals surface area contributed by atoms with Gasteiger partial charge in [-0.05, 0) is 12.5 Å². The number of terminal acetylenes is 1. The first-order valence-electron chi connectivity index (χ1n) is 4.91. The molecule has 2 heteroatoms. The Hall–Kier alpha value is -1.59. The van der Waals surface area contributed by atoms with Crippen molar-refractivity contribution in [2.24, 2.45) is 0 Å². The van der Waals surface area contributed by atoms with Crippen LogP contribution in [0, 0.1) is 12.3 Å². The normalized spacial score (nSPS) is 9.93. The van der Waals surface area contributed by atoms with Gasteiger partial charge in [0.2, 0.25) is 0 Å². The van der Waals surface area contributed by atoms with Gasteiger partial charge in [-0.15, -0.1) is 6.42 Å². The molecule has 0 saturated heterocycles. The number of ketones is 1. The van der Waals surface area contributed by atoms with E-state index in [0.717, 1.165) is 6.54 Å². The second-order valence-electron chi connectivity index (χ2n) is 3.54. The number of hydrogen-bond acceptors (Lipinski definition) is 2. The standard InChI is InChI=1S/C13H15NO/c1-3-9-14(10-12(2)15)11-13-7-5-4-6-8-13/h1,4-8H,9-11H2,2H3. The summed E-state index contributed by atoms with van der Waals surface area (Å²) in [6.45, 7) is 3.23. The van der Waals surface area contributed by atoms with Crippen molar-refractivity contribution in [2.45, 2.75) is 13.5 Å². The minimum absolute atomic E-state index is 0.140. The molecule has 0 heterocycles. The van der Waals surface area contributed by atoms with Crippen molar-refractivity contribution >= 4 is 5.78 Å². The van der Waals surface area contributed by atoms with Crippen molar-refractivity contribution in [1.29, 1.82) is 0 Å². The van der Waals surface area contributed by atoms with Gasteiger partial charge in [0.1, 0.15) is 5.78 Å². The van der Waals surface area contributed by atoms with Crippen LogP contribution in [-0.2, 0) is 11.3 Å². The minimum atomic E-state index is 0.140. The Morgan fingerprint density at radius 3 is 2.60 bits per heavy atom. The molecule has 0 fully saturated rings. The summed E-state index contributed by atoms with van der Waals surface area (Å²) < 4.78 is 0. The molecule has 15 heavy (non-hydrogen) atoms. The molecule has 0 amide bonds. The van der Waals surface area contributed by atoms with Gasteiger partial charge in [-0.3, -0.25) is 9.69 Å². The van der Waals surface area contributed by atoms with Crippen LogP contribution in [0.15, 0.2) is 30.3 Å². The number of carbonyl (C=O) groups is 1. The van der Waals surface area contributed by atoms with E-state index >= 15 is 0 Å². The first-order valence-corrected chi connectivity index (χ1v) is 4.91. The highest BCUT2D eigenvalue weighted by Crippen LogP contribution is 2.03. The highest BCUT2D eigenvalue weighted by molar-refractivity contribution is 5.77. The van der Waals surface area contributed by atoms with Gasteiger partial charge in [-0.1, -0.05) is 36.3 Å². The van der Waals surface area contributed by atoms with Crippen LogP contribution in [0.4, 0.5) is 0 Å². The number of carbonyl (C=O) groups excluding carboxylic acids is 1. The monoisotopic (exact) mass is 201 g/mol. The van der Waals surface area contributed by atoms with Crippen LogP contribution in [-0.4, -0.2) is 23.8 Å². The summed E-state index contributed by atoms with van der Waals surface area (Å²) in [7, 11) is 0. The predicted octanol–water partition coefficient (Wildman–Crippen LogP) is 1.71. The number of benzene rings is 1. The molecule has 0 aromatic heterocycles. The average molecular weight is 201 g/mol. The maximum Gasteiger partial charge on any atom is 0.143 e. The third kappa shape index (κ3) is 4.44. The Bertz CT molecular complexity index is 351. The van der Waals surface area contributed by atoms with Crippen LogP contribution in [0.2, 0.25) is 0 Å². The van der Waals surface area contributed by atoms with E-state index < -0.39 is 0 Å². The van der Waals surface area contributed by atoms with Gasteiger partial charge >= 0.3 is 0 Å². The SMILES string of the molecule is C#CCN(CC(C)=O)Cc1ccccc1. The van der Waals surface area contributed by atoms with Crippen molar-refractivity contribution < 1.29 is 4.79 Å². The molecule has 0 aliphatic heterocycles. The number of nitrogens with zero attached hydrogens (tertiary/aromatic N) is 1. The Balaban J connectivity index is 2.59. The lowest BCUT2D eigenvalue weighted by molar-refractivity contribution is -0.118. The maximum atomic E-state index is 11.0. The molecular formula is C13H15NO. The fraction of sp³-hybridized carbons (Fsp3) is 0.308. The fourth-order valence-corrected chi connectivity index (χ4v) is 1.45. The van der Waals surface area contributed by atoms with Crippen LogP contribution in [0.3, 0.4) is 0 Å². The van der Waals surface area contributed by atoms with Crippen LogP contribution < -0.4 is 0 Å². The first kappa shape index (κ1) is 11.5. The largest absolute Gasteiger partial charge is 0.299 e. The third-order valence-electron chi connectivity index (χ3n) is 2.01. The van der Waals surface area contributed by atoms with Crippen LogP contribution in [0.1, 0.15) is 12.5 Å². The van der Waals surface area contributed by atoms with E-state index in [1.54, 1.807) is 6.92 Å². The number of rotatable bonds is 5. The summed E-state index contributed by atoms with van der Waals surface area (Å²) >= 11 is 0. The highest BCUT2D eigenvalue weighted by Gasteiger charge is 2.06. The Kier molecular flexibility index (Phi) is 4.59. The van der Waals surface area contributed by atoms with E-state index in [0.29, 0.717) is 13.1 Å². The number of Topliss-reactive ketones (excluding diaryl/α,β-unsaturated/α-hetero) is 1. The van der Waals surface area contributed by atoms with Crippen LogP contribution in [0.5, 0.6) is 0 Å². The molecular weight excluding hydrogens is 186 g/mol. The lowest BCUT2D eigenvalue weighted by Gasteiger charge is -2.17. The van der Waals surface area contributed by atoms with E-state index in [4.69, 9.17) is 6.42 Å². The molecule has 0 N–H and O–H groups in total. The van der Waals surface area contributed by atoms with Crippen molar-refractivity contribution in [3.63, 3.8) is 0 Å². The van der Waals surface area contributed by atoms with E-state index in [2.05, 4.69) is 5.92 Å². The smallest absolute Gasteiger partial charge is 0.143 e. The molecule has 0 spiro atoms. The summed E-state index contributed by atoms with van der Waals surface area (Å²) in [5.41, 5.74) is 1.18. The summed E-state index contributed by atoms with van der Waals surface area (Å²) in [5, 5.41) is 0. The molecule has 1 aromatic rings. The Morgan fingerprint density at radius 2 is 2.07 bits per heavy atom. The second kappa shape index (κ2) is 6.00. The molecule has 1 aromatic carbocycles. The van der Waals surface area contributed by atoms with Gasteiger partial charge in [0.25, 0.3) is 0 Å². The maximum absolute atomic E-state index is 11.0. The Labute approximate surface area is 90.9 Å². The van der Waals surface area contributed by atoms with E-state index in [-0.39, 0.29) is 5.78 Å². The highest BCUT2D eigenvalue weighted by atomic mass is 16.1. The van der Waals surface area contributed by atoms with Crippen LogP contribution in [0.25, 0.3) is 0 Å². The molecule has 0 saturated carbocycles. The molecule has 0 atom stereocenters. The molecule has 2 nitrogen and oxygen atoms in total. The van der Waals surface area contributed by atoms with Crippen molar-refractivity contribution in [2.75, 3.05) is 13.1 Å². The van der Waals surface area contributed by atoms with Gasteiger partial charge in [0, 0.05) is 6.54 Å². The topological polar surface area (TPSA) is 20.3 Å². The molecule has 0 radical (unpaired) electrons. The molecule has 1 rings (SSSR count). The van der Waals surface area contributed by atoms with Crippen molar-refractivity contribution in [1.82, 2.24) is 4.90 Å². The van der Waals surface area contributed by atoms with Gasteiger partial charge < -0.3 is 0 Å². The summed E-state index contributed by atoms with van der Waals surface area (Å²) in [4.78, 5) is 13.0. The van der Waals surface area contributed by atoms with Gasteiger partial charge in [0.05, 0.1) is 13.1 Å². The van der Waals surface area contributed by atoms with E-state index in [1.807, 2.05) is 35.2 Å². The summed E-state index contributed by atoms with van der Waals surface area (Å²) in [6.07, 6.45) is 5.26. The van der Waals surface area contributed by atoms with Gasteiger partial charge in [-0.2, -0.15) is 0 Å². The minimum Gasteiger partial charge on any atom is -0.299 e. The first-order chi connectivity index (χ1) is 7.22. The fourth-order valence-electron chi connectivity index (χ4n) is 1.45. The van der Waals surface area contributed by atoms with Crippen molar-refractivity contribution in [3.05, 3.63) is 35.9 Å². The summed E-state index contributed by atoms with van der Waals surface area (Å²) in [5.74, 6) is 2.71. The molecule has 0 aliphatic carbocycles. The van der Waals surface area contributed by atoms with Gasteiger partial charge in [-0.25, -0.2) is 0 Å². The zero-order valence-electron chi connectivity index (χ0n) is 8.94. The quantitative estimate of drug-likeness (QED) is 0.676. The molecule has 0 bridgehead atoms. The second-order valence-corrected chi connectivity index (χ2v) is 3.54. The lowest BCUT2D eigenvalue weighted by atomic mass is 10.2. The molecule has 0 unspecified atom stereocenters. The molecule has 78 valence electrons. The predicted molar refractivity (Wildman–Crippen MR) is 61.2 cm³/mol. The zero-order valence-corrected chi connectivity index (χ0v) is 8.94. The summed E-state index contributed by atoms with van der Waals surface area (Å²) in [6, 6.07) is 10.0. The van der Waals surface area contributed by atoms with Crippen LogP contribution >= 0.6 is 0 Å². The average Bonchev–Trinajstić information content (AvgIpc) is 2.18. The zero-order chi connectivity index (χ0) is 11.1. The number of hydrogen-bond donors (Lipinski definition) is 0.